The molecule has 3 heterocycles. The first kappa shape index (κ1) is 42.9. The van der Waals surface area contributed by atoms with Gasteiger partial charge in [-0.2, -0.15) is 9.97 Å². The normalized spacial score (nSPS) is 11.5. The molecule has 5 heteroatoms. The van der Waals surface area contributed by atoms with Crippen molar-refractivity contribution >= 4 is 43.6 Å². The molecule has 14 aromatic rings. The highest BCUT2D eigenvalue weighted by molar-refractivity contribution is 6.23. The molecule has 5 nitrogen and oxygen atoms in total. The molecule has 0 radical (unpaired) electrons. The van der Waals surface area contributed by atoms with E-state index < -0.39 is 0 Å². The SMILES string of the molecule is c1ccc(-c2cccc(-c3cc(-c4ccccc4-c4ccccc4)cc(-n4c5ccccc5c5ccc6c7ccccc7n(-c7nc(-c8ccccc8)nc(-c8ccccc8-c8ccccc8)n7)c6c54)c3)c2)cc1. The van der Waals surface area contributed by atoms with E-state index in [9.17, 15) is 0 Å². The first-order valence-electron chi connectivity index (χ1n) is 25.1. The maximum atomic E-state index is 5.53. The number of hydrogen-bond donors (Lipinski definition) is 0. The molecule has 0 unspecified atom stereocenters. The largest absolute Gasteiger partial charge is 0.307 e. The van der Waals surface area contributed by atoms with Crippen LogP contribution >= 0.6 is 0 Å². The van der Waals surface area contributed by atoms with Crippen LogP contribution in [0.25, 0.3) is 134 Å². The van der Waals surface area contributed by atoms with Crippen molar-refractivity contribution in [1.82, 2.24) is 24.1 Å². The molecule has 0 spiro atoms. The number of benzene rings is 11. The Balaban J connectivity index is 1.09. The summed E-state index contributed by atoms with van der Waals surface area (Å²) in [6.45, 7) is 0. The molecular formula is C69H45N5. The fraction of sp³-hybridized carbons (Fsp3) is 0. The van der Waals surface area contributed by atoms with Crippen molar-refractivity contribution in [2.75, 3.05) is 0 Å². The van der Waals surface area contributed by atoms with Crippen molar-refractivity contribution in [3.63, 3.8) is 0 Å². The number of hydrogen-bond acceptors (Lipinski definition) is 3. The quantitative estimate of drug-likeness (QED) is 0.145. The number of fused-ring (bicyclic) bond motifs is 7. The maximum Gasteiger partial charge on any atom is 0.238 e. The van der Waals surface area contributed by atoms with Gasteiger partial charge in [0.25, 0.3) is 0 Å². The molecule has 0 amide bonds. The summed E-state index contributed by atoms with van der Waals surface area (Å²) in [5, 5.41) is 4.50. The third kappa shape index (κ3) is 7.37. The van der Waals surface area contributed by atoms with Gasteiger partial charge in [0.2, 0.25) is 5.95 Å². The van der Waals surface area contributed by atoms with Gasteiger partial charge in [0, 0.05) is 38.4 Å². The predicted octanol–water partition coefficient (Wildman–Crippen LogP) is 17.7. The molecule has 0 saturated heterocycles. The van der Waals surface area contributed by atoms with Crippen LogP contribution < -0.4 is 0 Å². The van der Waals surface area contributed by atoms with E-state index in [1.54, 1.807) is 0 Å². The Morgan fingerprint density at radius 1 is 0.230 bits per heavy atom. The maximum absolute atomic E-state index is 5.53. The lowest BCUT2D eigenvalue weighted by Gasteiger charge is -2.17. The molecule has 346 valence electrons. The van der Waals surface area contributed by atoms with Gasteiger partial charge < -0.3 is 4.57 Å². The van der Waals surface area contributed by atoms with Crippen molar-refractivity contribution in [2.24, 2.45) is 0 Å². The van der Waals surface area contributed by atoms with Crippen LogP contribution in [-0.2, 0) is 0 Å². The summed E-state index contributed by atoms with van der Waals surface area (Å²) >= 11 is 0. The van der Waals surface area contributed by atoms with Gasteiger partial charge >= 0.3 is 0 Å². The van der Waals surface area contributed by atoms with Crippen molar-refractivity contribution in [1.29, 1.82) is 0 Å². The van der Waals surface area contributed by atoms with Gasteiger partial charge in [-0.25, -0.2) is 4.98 Å². The number of nitrogens with zero attached hydrogens (tertiary/aromatic N) is 5. The molecule has 0 aliphatic carbocycles. The van der Waals surface area contributed by atoms with Crippen LogP contribution in [0.15, 0.2) is 273 Å². The van der Waals surface area contributed by atoms with Gasteiger partial charge in [-0.05, 0) is 92.0 Å². The van der Waals surface area contributed by atoms with Gasteiger partial charge in [0.05, 0.1) is 22.1 Å². The monoisotopic (exact) mass is 943 g/mol. The lowest BCUT2D eigenvalue weighted by molar-refractivity contribution is 0.953. The van der Waals surface area contributed by atoms with E-state index >= 15 is 0 Å². The van der Waals surface area contributed by atoms with Crippen molar-refractivity contribution in [3.8, 4) is 90.0 Å². The molecule has 0 N–H and O–H groups in total. The van der Waals surface area contributed by atoms with Crippen molar-refractivity contribution in [2.45, 2.75) is 0 Å². The smallest absolute Gasteiger partial charge is 0.238 e. The molecule has 0 bridgehead atoms. The van der Waals surface area contributed by atoms with E-state index in [2.05, 4.69) is 258 Å². The van der Waals surface area contributed by atoms with Crippen LogP contribution in [0.1, 0.15) is 0 Å². The summed E-state index contributed by atoms with van der Waals surface area (Å²) in [6, 6.07) is 97.3. The molecule has 74 heavy (non-hydrogen) atoms. The zero-order valence-electron chi connectivity index (χ0n) is 40.2. The molecule has 0 aliphatic heterocycles. The Hall–Kier alpha value is -9.97. The first-order valence-corrected chi connectivity index (χ1v) is 25.1. The second kappa shape index (κ2) is 18.0. The average molecular weight is 944 g/mol. The summed E-state index contributed by atoms with van der Waals surface area (Å²) < 4.78 is 4.76. The van der Waals surface area contributed by atoms with E-state index in [0.29, 0.717) is 17.6 Å². The highest BCUT2D eigenvalue weighted by Crippen LogP contribution is 2.44. The Morgan fingerprint density at radius 3 is 1.24 bits per heavy atom. The summed E-state index contributed by atoms with van der Waals surface area (Å²) in [5.74, 6) is 1.73. The van der Waals surface area contributed by atoms with Crippen LogP contribution in [0.3, 0.4) is 0 Å². The van der Waals surface area contributed by atoms with E-state index in [1.807, 2.05) is 24.3 Å². The second-order valence-electron chi connectivity index (χ2n) is 18.8. The minimum Gasteiger partial charge on any atom is -0.307 e. The average Bonchev–Trinajstić information content (AvgIpc) is 4.07. The molecule has 0 fully saturated rings. The second-order valence-corrected chi connectivity index (χ2v) is 18.8. The Morgan fingerprint density at radius 2 is 0.635 bits per heavy atom. The third-order valence-corrected chi connectivity index (χ3v) is 14.4. The minimum atomic E-state index is 0.538. The fourth-order valence-electron chi connectivity index (χ4n) is 11.0. The highest BCUT2D eigenvalue weighted by atomic mass is 15.2. The molecule has 0 saturated carbocycles. The van der Waals surface area contributed by atoms with E-state index in [4.69, 9.17) is 15.0 Å². The van der Waals surface area contributed by atoms with Crippen LogP contribution in [0.4, 0.5) is 0 Å². The lowest BCUT2D eigenvalue weighted by atomic mass is 9.91. The molecule has 0 atom stereocenters. The highest BCUT2D eigenvalue weighted by Gasteiger charge is 2.25. The molecular weight excluding hydrogens is 899 g/mol. The summed E-state index contributed by atoms with van der Waals surface area (Å²) in [7, 11) is 0. The zero-order valence-corrected chi connectivity index (χ0v) is 40.2. The van der Waals surface area contributed by atoms with Gasteiger partial charge in [0.15, 0.2) is 11.6 Å². The van der Waals surface area contributed by atoms with Gasteiger partial charge in [-0.3, -0.25) is 4.57 Å². The summed E-state index contributed by atoms with van der Waals surface area (Å²) in [6.07, 6.45) is 0. The standard InChI is InChI=1S/C69H45N5/c1-5-22-46(23-6-1)50-30-21-31-51(42-50)52-43-53(57-34-14-13-32-55(57)47-24-7-2-8-25-47)45-54(44-52)73-63-38-19-17-35-58(63)60-40-41-61-59-36-18-20-39-64(59)74(66(61)65(60)73)69-71-67(49-28-11-4-12-29-49)70-68(72-69)62-37-16-15-33-56(62)48-26-9-3-10-27-48/h1-45H. The topological polar surface area (TPSA) is 48.5 Å². The third-order valence-electron chi connectivity index (χ3n) is 14.4. The molecule has 3 aromatic heterocycles. The Kier molecular flexibility index (Phi) is 10.4. The van der Waals surface area contributed by atoms with Gasteiger partial charge in [0.1, 0.15) is 0 Å². The van der Waals surface area contributed by atoms with Gasteiger partial charge in [-0.15, -0.1) is 0 Å². The predicted molar refractivity (Wildman–Crippen MR) is 307 cm³/mol. The van der Waals surface area contributed by atoms with E-state index in [1.165, 1.54) is 22.3 Å². The number of aromatic nitrogens is 5. The number of rotatable bonds is 9. The Bertz CT molecular complexity index is 4400. The molecule has 11 aromatic carbocycles. The van der Waals surface area contributed by atoms with Crippen molar-refractivity contribution in [3.05, 3.63) is 273 Å². The van der Waals surface area contributed by atoms with Crippen LogP contribution in [0.5, 0.6) is 0 Å². The van der Waals surface area contributed by atoms with E-state index in [0.717, 1.165) is 93.8 Å². The van der Waals surface area contributed by atoms with Gasteiger partial charge in [-0.1, -0.05) is 237 Å². The Labute approximate surface area is 428 Å². The van der Waals surface area contributed by atoms with Crippen LogP contribution in [0, 0.1) is 0 Å². The summed E-state index contributed by atoms with van der Waals surface area (Å²) in [4.78, 5) is 16.3. The molecule has 14 rings (SSSR count). The zero-order chi connectivity index (χ0) is 49.0. The summed E-state index contributed by atoms with van der Waals surface area (Å²) in [5.41, 5.74) is 18.4. The minimum absolute atomic E-state index is 0.538. The van der Waals surface area contributed by atoms with E-state index in [-0.39, 0.29) is 0 Å². The van der Waals surface area contributed by atoms with Crippen LogP contribution in [-0.4, -0.2) is 24.1 Å². The van der Waals surface area contributed by atoms with Crippen molar-refractivity contribution < 1.29 is 0 Å². The first-order chi connectivity index (χ1) is 36.7. The number of para-hydroxylation sites is 2. The fourth-order valence-corrected chi connectivity index (χ4v) is 11.0. The molecule has 0 aliphatic rings. The lowest BCUT2D eigenvalue weighted by Crippen LogP contribution is -2.07. The van der Waals surface area contributed by atoms with Crippen LogP contribution in [0.2, 0.25) is 0 Å².